The minimum atomic E-state index is -0.314. The van der Waals surface area contributed by atoms with Crippen LogP contribution in [-0.4, -0.2) is 23.9 Å². The summed E-state index contributed by atoms with van der Waals surface area (Å²) in [5.74, 6) is 0.330. The molecular weight excluding hydrogens is 290 g/mol. The van der Waals surface area contributed by atoms with Crippen LogP contribution in [0.3, 0.4) is 0 Å². The summed E-state index contributed by atoms with van der Waals surface area (Å²) in [5.41, 5.74) is 1.61. The molecule has 0 fully saturated rings. The van der Waals surface area contributed by atoms with Gasteiger partial charge in [-0.25, -0.2) is 0 Å². The Balaban J connectivity index is 2.53. The van der Waals surface area contributed by atoms with Crippen LogP contribution in [-0.2, 0) is 9.59 Å². The molecule has 0 heterocycles. The fourth-order valence-electron chi connectivity index (χ4n) is 2.02. The summed E-state index contributed by atoms with van der Waals surface area (Å²) < 4.78 is 0. The molecule has 128 valence electrons. The third-order valence-corrected chi connectivity index (χ3v) is 3.54. The maximum Gasteiger partial charge on any atom is 0.242 e. The fraction of sp³-hybridized carbons (Fsp3) is 0.556. The number of benzene rings is 1. The Hall–Kier alpha value is -2.04. The van der Waals surface area contributed by atoms with E-state index in [1.165, 1.54) is 0 Å². The second-order valence-electron chi connectivity index (χ2n) is 6.41. The molecule has 5 heteroatoms. The van der Waals surface area contributed by atoms with Crippen LogP contribution in [0.2, 0.25) is 0 Å². The summed E-state index contributed by atoms with van der Waals surface area (Å²) in [6, 6.07) is 7.24. The molecule has 0 radical (unpaired) electrons. The SMILES string of the molecule is CCC(C)NC(=O)C(C)Nc1ccc(NC(=O)CC(C)C)cc1. The van der Waals surface area contributed by atoms with E-state index >= 15 is 0 Å². The van der Waals surface area contributed by atoms with Crippen molar-refractivity contribution in [1.29, 1.82) is 0 Å². The zero-order chi connectivity index (χ0) is 17.4. The highest BCUT2D eigenvalue weighted by molar-refractivity contribution is 5.91. The van der Waals surface area contributed by atoms with E-state index in [1.807, 2.05) is 58.9 Å². The van der Waals surface area contributed by atoms with Gasteiger partial charge in [-0.1, -0.05) is 20.8 Å². The number of anilines is 2. The Kier molecular flexibility index (Phi) is 7.59. The number of amides is 2. The number of hydrogen-bond donors (Lipinski definition) is 3. The molecule has 5 nitrogen and oxygen atoms in total. The van der Waals surface area contributed by atoms with E-state index < -0.39 is 0 Å². The first-order valence-electron chi connectivity index (χ1n) is 8.28. The van der Waals surface area contributed by atoms with Gasteiger partial charge < -0.3 is 16.0 Å². The van der Waals surface area contributed by atoms with Crippen LogP contribution >= 0.6 is 0 Å². The Morgan fingerprint density at radius 3 is 2.09 bits per heavy atom. The largest absolute Gasteiger partial charge is 0.374 e. The molecule has 0 aliphatic rings. The smallest absolute Gasteiger partial charge is 0.242 e. The lowest BCUT2D eigenvalue weighted by Crippen LogP contribution is -2.41. The van der Waals surface area contributed by atoms with Gasteiger partial charge in [0.15, 0.2) is 0 Å². The zero-order valence-corrected chi connectivity index (χ0v) is 14.8. The monoisotopic (exact) mass is 319 g/mol. The van der Waals surface area contributed by atoms with Crippen LogP contribution in [0, 0.1) is 5.92 Å². The van der Waals surface area contributed by atoms with Gasteiger partial charge in [0.2, 0.25) is 11.8 Å². The summed E-state index contributed by atoms with van der Waals surface area (Å²) >= 11 is 0. The Labute approximate surface area is 139 Å². The third kappa shape index (κ3) is 7.17. The minimum Gasteiger partial charge on any atom is -0.374 e. The predicted molar refractivity (Wildman–Crippen MR) is 95.5 cm³/mol. The lowest BCUT2D eigenvalue weighted by Gasteiger charge is -2.18. The molecule has 0 saturated carbocycles. The highest BCUT2D eigenvalue weighted by Crippen LogP contribution is 2.15. The Morgan fingerprint density at radius 1 is 1.00 bits per heavy atom. The summed E-state index contributed by atoms with van der Waals surface area (Å²) in [6.45, 7) is 9.88. The first kappa shape index (κ1) is 19.0. The van der Waals surface area contributed by atoms with Gasteiger partial charge in [-0.2, -0.15) is 0 Å². The summed E-state index contributed by atoms with van der Waals surface area (Å²) in [7, 11) is 0. The van der Waals surface area contributed by atoms with Crippen molar-refractivity contribution in [2.24, 2.45) is 5.92 Å². The van der Waals surface area contributed by atoms with E-state index in [0.717, 1.165) is 17.8 Å². The standard InChI is InChI=1S/C18H29N3O2/c1-6-13(4)19-18(23)14(5)20-15-7-9-16(10-8-15)21-17(22)11-12(2)3/h7-10,12-14,20H,6,11H2,1-5H3,(H,19,23)(H,21,22). The van der Waals surface area contributed by atoms with Crippen LogP contribution in [0.4, 0.5) is 11.4 Å². The molecule has 1 rings (SSSR count). The average molecular weight is 319 g/mol. The van der Waals surface area contributed by atoms with Gasteiger partial charge in [0.1, 0.15) is 6.04 Å². The van der Waals surface area contributed by atoms with E-state index in [9.17, 15) is 9.59 Å². The minimum absolute atomic E-state index is 0.0157. The molecule has 23 heavy (non-hydrogen) atoms. The van der Waals surface area contributed by atoms with Gasteiger partial charge in [-0.15, -0.1) is 0 Å². The molecule has 0 saturated heterocycles. The summed E-state index contributed by atoms with van der Waals surface area (Å²) in [6.07, 6.45) is 1.41. The van der Waals surface area contributed by atoms with E-state index in [2.05, 4.69) is 16.0 Å². The molecule has 1 aromatic carbocycles. The van der Waals surface area contributed by atoms with E-state index in [0.29, 0.717) is 12.3 Å². The normalized spacial score (nSPS) is 13.3. The highest BCUT2D eigenvalue weighted by Gasteiger charge is 2.14. The van der Waals surface area contributed by atoms with Crippen LogP contribution in [0.5, 0.6) is 0 Å². The number of carbonyl (C=O) groups is 2. The second-order valence-corrected chi connectivity index (χ2v) is 6.41. The van der Waals surface area contributed by atoms with Crippen LogP contribution < -0.4 is 16.0 Å². The molecule has 3 N–H and O–H groups in total. The lowest BCUT2D eigenvalue weighted by molar-refractivity contribution is -0.122. The molecule has 0 bridgehead atoms. The first-order chi connectivity index (χ1) is 10.8. The summed E-state index contributed by atoms with van der Waals surface area (Å²) in [4.78, 5) is 23.7. The second kappa shape index (κ2) is 9.18. The van der Waals surface area contributed by atoms with Crippen molar-refractivity contribution >= 4 is 23.2 Å². The van der Waals surface area contributed by atoms with Crippen molar-refractivity contribution in [2.45, 2.75) is 59.5 Å². The van der Waals surface area contributed by atoms with Gasteiger partial charge in [0.25, 0.3) is 0 Å². The number of nitrogens with one attached hydrogen (secondary N) is 3. The third-order valence-electron chi connectivity index (χ3n) is 3.54. The Bertz CT molecular complexity index is 512. The van der Waals surface area contributed by atoms with Crippen molar-refractivity contribution in [3.05, 3.63) is 24.3 Å². The van der Waals surface area contributed by atoms with E-state index in [-0.39, 0.29) is 23.9 Å². The number of rotatable bonds is 8. The average Bonchev–Trinajstić information content (AvgIpc) is 2.48. The molecular formula is C18H29N3O2. The fourth-order valence-corrected chi connectivity index (χ4v) is 2.02. The highest BCUT2D eigenvalue weighted by atomic mass is 16.2. The maximum atomic E-state index is 12.0. The van der Waals surface area contributed by atoms with Gasteiger partial charge >= 0.3 is 0 Å². The van der Waals surface area contributed by atoms with Crippen molar-refractivity contribution in [1.82, 2.24) is 5.32 Å². The quantitative estimate of drug-likeness (QED) is 0.688. The predicted octanol–water partition coefficient (Wildman–Crippen LogP) is 3.39. The van der Waals surface area contributed by atoms with Crippen LogP contribution in [0.25, 0.3) is 0 Å². The molecule has 1 aromatic rings. The molecule has 0 spiro atoms. The molecule has 0 aliphatic heterocycles. The molecule has 2 unspecified atom stereocenters. The van der Waals surface area contributed by atoms with Crippen molar-refractivity contribution in [3.8, 4) is 0 Å². The van der Waals surface area contributed by atoms with Gasteiger partial charge in [0, 0.05) is 23.8 Å². The van der Waals surface area contributed by atoms with Crippen molar-refractivity contribution < 1.29 is 9.59 Å². The summed E-state index contributed by atoms with van der Waals surface area (Å²) in [5, 5.41) is 8.97. The van der Waals surface area contributed by atoms with E-state index in [1.54, 1.807) is 0 Å². The zero-order valence-electron chi connectivity index (χ0n) is 14.8. The van der Waals surface area contributed by atoms with Crippen molar-refractivity contribution in [3.63, 3.8) is 0 Å². The molecule has 2 amide bonds. The van der Waals surface area contributed by atoms with E-state index in [4.69, 9.17) is 0 Å². The van der Waals surface area contributed by atoms with Crippen molar-refractivity contribution in [2.75, 3.05) is 10.6 Å². The maximum absolute atomic E-state index is 12.0. The van der Waals surface area contributed by atoms with Gasteiger partial charge in [-0.05, 0) is 50.5 Å². The van der Waals surface area contributed by atoms with Gasteiger partial charge in [-0.3, -0.25) is 9.59 Å². The number of carbonyl (C=O) groups excluding carboxylic acids is 2. The topological polar surface area (TPSA) is 70.2 Å². The Morgan fingerprint density at radius 2 is 1.57 bits per heavy atom. The lowest BCUT2D eigenvalue weighted by atomic mass is 10.1. The van der Waals surface area contributed by atoms with Gasteiger partial charge in [0.05, 0.1) is 0 Å². The van der Waals surface area contributed by atoms with Crippen LogP contribution in [0.1, 0.15) is 47.5 Å². The molecule has 2 atom stereocenters. The van der Waals surface area contributed by atoms with Crippen LogP contribution in [0.15, 0.2) is 24.3 Å². The molecule has 0 aromatic heterocycles. The first-order valence-corrected chi connectivity index (χ1v) is 8.28. The molecule has 0 aliphatic carbocycles. The number of hydrogen-bond acceptors (Lipinski definition) is 3.